The largest absolute Gasteiger partial charge is 0.497 e. The maximum Gasteiger partial charge on any atom is 0.236 e. The Balaban J connectivity index is 1.34. The fraction of sp³-hybridized carbons (Fsp3) is 0.625. The molecule has 2 aliphatic rings. The van der Waals surface area contributed by atoms with Crippen LogP contribution < -0.4 is 4.74 Å². The number of hydrogen-bond donors (Lipinski definition) is 0. The van der Waals surface area contributed by atoms with Gasteiger partial charge in [0.25, 0.3) is 0 Å². The number of Topliss-reactive ketones (excluding diaryl/α,β-unsaturated/α-hetero) is 1. The van der Waals surface area contributed by atoms with Gasteiger partial charge >= 0.3 is 0 Å². The van der Waals surface area contributed by atoms with Gasteiger partial charge in [-0.15, -0.1) is 0 Å². The number of ketones is 1. The molecule has 0 aromatic heterocycles. The van der Waals surface area contributed by atoms with Crippen molar-refractivity contribution in [3.05, 3.63) is 29.8 Å². The van der Waals surface area contributed by atoms with E-state index >= 15 is 0 Å². The number of piperazine rings is 1. The van der Waals surface area contributed by atoms with Crippen molar-refractivity contribution in [1.82, 2.24) is 14.7 Å². The predicted octanol–water partition coefficient (Wildman–Crippen LogP) is 2.60. The lowest BCUT2D eigenvalue weighted by Crippen LogP contribution is -2.51. The Kier molecular flexibility index (Phi) is 8.88. The summed E-state index contributed by atoms with van der Waals surface area (Å²) in [5, 5.41) is 0. The highest BCUT2D eigenvalue weighted by atomic mass is 16.5. The molecule has 0 atom stereocenters. The van der Waals surface area contributed by atoms with Crippen molar-refractivity contribution in [2.45, 2.75) is 44.9 Å². The summed E-state index contributed by atoms with van der Waals surface area (Å²) < 4.78 is 5.11. The molecule has 0 spiro atoms. The number of nitrogens with zero attached hydrogens (tertiary/aromatic N) is 3. The lowest BCUT2D eigenvalue weighted by molar-refractivity contribution is -0.135. The van der Waals surface area contributed by atoms with Gasteiger partial charge in [-0.1, -0.05) is 12.8 Å². The second-order valence-corrected chi connectivity index (χ2v) is 8.46. The normalized spacial score (nSPS) is 17.8. The molecular weight excluding hydrogens is 394 g/mol. The van der Waals surface area contributed by atoms with Gasteiger partial charge in [-0.05, 0) is 43.5 Å². The minimum absolute atomic E-state index is 0.0484. The molecule has 2 amide bonds. The van der Waals surface area contributed by atoms with Crippen molar-refractivity contribution in [1.29, 1.82) is 0 Å². The van der Waals surface area contributed by atoms with Gasteiger partial charge < -0.3 is 14.5 Å². The number of amides is 2. The van der Waals surface area contributed by atoms with E-state index in [1.807, 2.05) is 9.80 Å². The van der Waals surface area contributed by atoms with Crippen LogP contribution in [0.2, 0.25) is 0 Å². The number of carbonyl (C=O) groups is 3. The Labute approximate surface area is 185 Å². The molecule has 2 fully saturated rings. The van der Waals surface area contributed by atoms with E-state index in [1.54, 1.807) is 31.4 Å². The second-order valence-electron chi connectivity index (χ2n) is 8.46. The van der Waals surface area contributed by atoms with Gasteiger partial charge in [0.2, 0.25) is 11.8 Å². The Hall–Kier alpha value is -2.41. The summed E-state index contributed by atoms with van der Waals surface area (Å²) in [6.45, 7) is 4.99. The Morgan fingerprint density at radius 3 is 2.00 bits per heavy atom. The molecule has 0 aliphatic carbocycles. The second kappa shape index (κ2) is 11.8. The van der Waals surface area contributed by atoms with Gasteiger partial charge in [-0.25, -0.2) is 0 Å². The third kappa shape index (κ3) is 7.06. The lowest BCUT2D eigenvalue weighted by Gasteiger charge is -2.35. The van der Waals surface area contributed by atoms with Crippen LogP contribution in [0.15, 0.2) is 24.3 Å². The summed E-state index contributed by atoms with van der Waals surface area (Å²) >= 11 is 0. The van der Waals surface area contributed by atoms with Crippen LogP contribution in [0.25, 0.3) is 0 Å². The molecule has 3 rings (SSSR count). The highest BCUT2D eigenvalue weighted by Crippen LogP contribution is 2.15. The van der Waals surface area contributed by atoms with Crippen molar-refractivity contribution in [2.24, 2.45) is 0 Å². The molecule has 170 valence electrons. The number of rotatable bonds is 8. The van der Waals surface area contributed by atoms with Crippen LogP contribution in [0, 0.1) is 0 Å². The predicted molar refractivity (Wildman–Crippen MR) is 119 cm³/mol. The van der Waals surface area contributed by atoms with E-state index in [1.165, 1.54) is 12.8 Å². The average Bonchev–Trinajstić information content (AvgIpc) is 3.09. The molecule has 0 bridgehead atoms. The maximum absolute atomic E-state index is 12.6. The zero-order valence-electron chi connectivity index (χ0n) is 18.7. The van der Waals surface area contributed by atoms with E-state index in [9.17, 15) is 14.4 Å². The molecule has 31 heavy (non-hydrogen) atoms. The molecule has 0 radical (unpaired) electrons. The smallest absolute Gasteiger partial charge is 0.236 e. The first-order valence-corrected chi connectivity index (χ1v) is 11.5. The molecule has 1 aromatic carbocycles. The van der Waals surface area contributed by atoms with Crippen molar-refractivity contribution < 1.29 is 19.1 Å². The van der Waals surface area contributed by atoms with Crippen molar-refractivity contribution >= 4 is 17.6 Å². The quantitative estimate of drug-likeness (QED) is 0.594. The summed E-state index contributed by atoms with van der Waals surface area (Å²) in [4.78, 5) is 43.4. The third-order valence-corrected chi connectivity index (χ3v) is 6.25. The van der Waals surface area contributed by atoms with Crippen LogP contribution in [0.4, 0.5) is 0 Å². The van der Waals surface area contributed by atoms with E-state index < -0.39 is 0 Å². The van der Waals surface area contributed by atoms with E-state index in [4.69, 9.17) is 4.74 Å². The van der Waals surface area contributed by atoms with E-state index in [2.05, 4.69) is 4.90 Å². The Bertz CT molecular complexity index is 734. The van der Waals surface area contributed by atoms with Crippen molar-refractivity contribution in [3.8, 4) is 5.75 Å². The third-order valence-electron chi connectivity index (χ3n) is 6.25. The molecule has 0 saturated carbocycles. The molecule has 1 aromatic rings. The van der Waals surface area contributed by atoms with E-state index in [0.717, 1.165) is 44.8 Å². The van der Waals surface area contributed by atoms with Gasteiger partial charge in [0, 0.05) is 57.7 Å². The minimum Gasteiger partial charge on any atom is -0.497 e. The van der Waals surface area contributed by atoms with Crippen molar-refractivity contribution in [3.63, 3.8) is 0 Å². The molecule has 0 unspecified atom stereocenters. The number of carbonyl (C=O) groups excluding carboxylic acids is 3. The first kappa shape index (κ1) is 23.3. The maximum atomic E-state index is 12.6. The zero-order chi connectivity index (χ0) is 22.1. The molecule has 0 N–H and O–H groups in total. The summed E-state index contributed by atoms with van der Waals surface area (Å²) in [5.41, 5.74) is 0.649. The van der Waals surface area contributed by atoms with Crippen LogP contribution in [-0.4, -0.2) is 85.2 Å². The van der Waals surface area contributed by atoms with Gasteiger partial charge in [0.15, 0.2) is 5.78 Å². The first-order valence-electron chi connectivity index (χ1n) is 11.5. The SMILES string of the molecule is COc1ccc(C(=O)CCCC(=O)N2CCN(CC(=O)N3CCCCCC3)CC2)cc1. The minimum atomic E-state index is 0.0484. The summed E-state index contributed by atoms with van der Waals surface area (Å²) in [7, 11) is 1.59. The molecule has 2 saturated heterocycles. The molecule has 2 aliphatic heterocycles. The van der Waals surface area contributed by atoms with Crippen LogP contribution in [0.3, 0.4) is 0 Å². The zero-order valence-corrected chi connectivity index (χ0v) is 18.7. The summed E-state index contributed by atoms with van der Waals surface area (Å²) in [6.07, 6.45) is 5.95. The number of benzene rings is 1. The van der Waals surface area contributed by atoms with Gasteiger partial charge in [-0.3, -0.25) is 19.3 Å². The summed E-state index contributed by atoms with van der Waals surface area (Å²) in [6, 6.07) is 7.06. The van der Waals surface area contributed by atoms with Crippen LogP contribution in [0.5, 0.6) is 5.75 Å². The monoisotopic (exact) mass is 429 g/mol. The number of ether oxygens (including phenoxy) is 1. The highest BCUT2D eigenvalue weighted by Gasteiger charge is 2.24. The average molecular weight is 430 g/mol. The summed E-state index contributed by atoms with van der Waals surface area (Å²) in [5.74, 6) is 1.09. The standard InChI is InChI=1S/C24H35N3O4/c1-31-21-11-9-20(10-12-21)22(28)7-6-8-23(29)27-17-15-25(16-18-27)19-24(30)26-13-4-2-3-5-14-26/h9-12H,2-8,13-19H2,1H3. The highest BCUT2D eigenvalue weighted by molar-refractivity contribution is 5.96. The Morgan fingerprint density at radius 1 is 0.774 bits per heavy atom. The van der Waals surface area contributed by atoms with Gasteiger partial charge in [-0.2, -0.15) is 0 Å². The van der Waals surface area contributed by atoms with Gasteiger partial charge in [0.05, 0.1) is 13.7 Å². The molecule has 7 heteroatoms. The first-order chi connectivity index (χ1) is 15.1. The van der Waals surface area contributed by atoms with Crippen molar-refractivity contribution in [2.75, 3.05) is 52.9 Å². The van der Waals surface area contributed by atoms with E-state index in [-0.39, 0.29) is 17.6 Å². The molecule has 7 nitrogen and oxygen atoms in total. The fourth-order valence-electron chi connectivity index (χ4n) is 4.25. The lowest BCUT2D eigenvalue weighted by atomic mass is 10.0. The topological polar surface area (TPSA) is 70.2 Å². The van der Waals surface area contributed by atoms with E-state index in [0.29, 0.717) is 44.5 Å². The number of hydrogen-bond acceptors (Lipinski definition) is 5. The fourth-order valence-corrected chi connectivity index (χ4v) is 4.25. The molecular formula is C24H35N3O4. The Morgan fingerprint density at radius 2 is 1.39 bits per heavy atom. The number of methoxy groups -OCH3 is 1. The van der Waals surface area contributed by atoms with Crippen LogP contribution >= 0.6 is 0 Å². The molecule has 2 heterocycles. The van der Waals surface area contributed by atoms with Crippen LogP contribution in [-0.2, 0) is 9.59 Å². The van der Waals surface area contributed by atoms with Gasteiger partial charge in [0.1, 0.15) is 5.75 Å². The van der Waals surface area contributed by atoms with Crippen LogP contribution in [0.1, 0.15) is 55.3 Å². The number of likely N-dealkylation sites (tertiary alicyclic amines) is 1.